The second-order valence-corrected chi connectivity index (χ2v) is 26.3. The summed E-state index contributed by atoms with van der Waals surface area (Å²) < 4.78 is 0. The maximum Gasteiger partial charge on any atom is 0.327 e. The van der Waals surface area contributed by atoms with Gasteiger partial charge in [-0.15, -0.1) is 0 Å². The highest BCUT2D eigenvalue weighted by Gasteiger charge is 2.39. The summed E-state index contributed by atoms with van der Waals surface area (Å²) >= 11 is 7.96. The molecule has 0 saturated heterocycles. The summed E-state index contributed by atoms with van der Waals surface area (Å²) in [4.78, 5) is 185. The van der Waals surface area contributed by atoms with E-state index < -0.39 is 175 Å². The van der Waals surface area contributed by atoms with Crippen LogP contribution in [0, 0.1) is 5.41 Å². The molecule has 26 N–H and O–H groups in total. The number of aromatic amines is 1. The van der Waals surface area contributed by atoms with Crippen LogP contribution in [0.1, 0.15) is 74.6 Å². The number of aromatic nitrogens is 1. The predicted molar refractivity (Wildman–Crippen MR) is 403 cm³/mol. The molecule has 0 aliphatic carbocycles. The molecule has 586 valence electrons. The van der Waals surface area contributed by atoms with E-state index in [-0.39, 0.29) is 81.9 Å². The molecule has 1 heterocycles. The smallest absolute Gasteiger partial charge is 0.327 e. The van der Waals surface area contributed by atoms with E-state index in [2.05, 4.69) is 94.0 Å². The molecule has 108 heavy (non-hydrogen) atoms. The van der Waals surface area contributed by atoms with Gasteiger partial charge >= 0.3 is 5.97 Å². The number of hydrogen-bond acceptors (Lipinski definition) is 21. The maximum absolute atomic E-state index is 15.3. The molecule has 1 aromatic heterocycles. The predicted octanol–water partition coefficient (Wildman–Crippen LogP) is -4.94. The minimum atomic E-state index is -1.90. The molecule has 0 saturated carbocycles. The number of aliphatic hydroxyl groups is 3. The van der Waals surface area contributed by atoms with Gasteiger partial charge in [0.1, 0.15) is 66.5 Å². The van der Waals surface area contributed by atoms with Crippen molar-refractivity contribution in [1.82, 2.24) is 68.8 Å². The first-order valence-corrected chi connectivity index (χ1v) is 36.0. The Morgan fingerprint density at radius 3 is 1.26 bits per heavy atom. The standard InChI is InChI=1S/C71H98N18O17S2/c1-38(91)57(68(103)85-51(31-42-21-10-5-11-22-42)66(101)89-58(39(2)92)69(104)86-54(35-90)67(102)87-55(37-108)70(105)106)88-61(96)47(25-14-15-27-72)80-64(99)52(32-43-34-78-46-24-13-12-23-44(43)46)83-63(98)50(30-41-19-8-4-9-20-41)81-62(97)49(29-40-17-6-3-7-18-40)82-65(100)53(33-56(74)93)84-60(95)48(26-16-28-77-71(75)76)79-59(94)45(73)36-107/h3-13,17-24,34,38-39,45,47-55,57-58,78,90-92,107-108H,14-16,25-33,35-37,72-73H2,1-2H3,(H2,74,93)(H,79,94)(H,80,99)(H,81,97)(H,82,100)(H,83,98)(H,84,95)(H,85,103)(H,86,104)(H,87,102)(H,88,96)(H,89,101)(H,105,106)(H4,75,76,77)/t38?,39?,45-,47-,48-,49-,50-,51-,52-,53-,54-,55-,57-,58-/m0/s1. The van der Waals surface area contributed by atoms with Crippen LogP contribution in [0.2, 0.25) is 0 Å². The van der Waals surface area contributed by atoms with Gasteiger partial charge in [0.15, 0.2) is 5.96 Å². The highest BCUT2D eigenvalue weighted by Crippen LogP contribution is 2.21. The lowest BCUT2D eigenvalue weighted by Gasteiger charge is -2.29. The van der Waals surface area contributed by atoms with Gasteiger partial charge in [0, 0.05) is 60.8 Å². The van der Waals surface area contributed by atoms with Crippen LogP contribution in [-0.2, 0) is 88.0 Å². The van der Waals surface area contributed by atoms with E-state index in [1.54, 1.807) is 121 Å². The zero-order chi connectivity index (χ0) is 79.6. The van der Waals surface area contributed by atoms with Crippen molar-refractivity contribution in [3.63, 3.8) is 0 Å². The lowest BCUT2D eigenvalue weighted by Crippen LogP contribution is -2.63. The molecular weight excluding hydrogens is 1440 g/mol. The maximum atomic E-state index is 15.3. The number of benzene rings is 4. The number of amides is 12. The third-order valence-corrected chi connectivity index (χ3v) is 17.7. The van der Waals surface area contributed by atoms with Crippen molar-refractivity contribution in [2.24, 2.45) is 22.9 Å². The molecule has 14 atom stereocenters. The first-order chi connectivity index (χ1) is 51.5. The van der Waals surface area contributed by atoms with Gasteiger partial charge in [0.25, 0.3) is 0 Å². The Morgan fingerprint density at radius 1 is 0.454 bits per heavy atom. The highest BCUT2D eigenvalue weighted by molar-refractivity contribution is 7.80. The van der Waals surface area contributed by atoms with Gasteiger partial charge < -0.3 is 112 Å². The van der Waals surface area contributed by atoms with Gasteiger partial charge in [-0.2, -0.15) is 25.3 Å². The monoisotopic (exact) mass is 1540 g/mol. The van der Waals surface area contributed by atoms with Gasteiger partial charge in [0.05, 0.1) is 31.3 Å². The van der Waals surface area contributed by atoms with Crippen molar-refractivity contribution in [3.05, 3.63) is 144 Å². The van der Waals surface area contributed by atoms with E-state index in [0.29, 0.717) is 39.6 Å². The van der Waals surface area contributed by atoms with E-state index in [9.17, 15) is 68.4 Å². The molecule has 12 amide bonds. The quantitative estimate of drug-likeness (QED) is 0.00751. The molecule has 2 unspecified atom stereocenters. The average Bonchev–Trinajstić information content (AvgIpc) is 1.73. The van der Waals surface area contributed by atoms with Crippen LogP contribution in [0.15, 0.2) is 121 Å². The van der Waals surface area contributed by atoms with Crippen LogP contribution in [-0.4, -0.2) is 224 Å². The second-order valence-electron chi connectivity index (χ2n) is 25.6. The molecule has 0 spiro atoms. The third kappa shape index (κ3) is 28.9. The Labute approximate surface area is 633 Å². The average molecular weight is 1540 g/mol. The zero-order valence-corrected chi connectivity index (χ0v) is 61.3. The number of carboxylic acids is 1. The minimum absolute atomic E-state index is 0.0864. The summed E-state index contributed by atoms with van der Waals surface area (Å²) in [6.07, 6.45) is -3.30. The van der Waals surface area contributed by atoms with Gasteiger partial charge in [-0.1, -0.05) is 109 Å². The fourth-order valence-corrected chi connectivity index (χ4v) is 11.5. The molecule has 0 bridgehead atoms. The topological polar surface area (TPSA) is 591 Å². The largest absolute Gasteiger partial charge is 0.480 e. The number of carbonyl (C=O) groups excluding carboxylic acids is 12. The number of hydrogen-bond donors (Lipinski definition) is 24. The summed E-state index contributed by atoms with van der Waals surface area (Å²) in [7, 11) is 0. The van der Waals surface area contributed by atoms with Crippen LogP contribution in [0.3, 0.4) is 0 Å². The van der Waals surface area contributed by atoms with Gasteiger partial charge in [-0.3, -0.25) is 62.9 Å². The van der Waals surface area contributed by atoms with Crippen molar-refractivity contribution in [2.45, 2.75) is 163 Å². The molecule has 0 aliphatic heterocycles. The number of carboxylic acid groups (broad SMARTS) is 1. The zero-order valence-electron chi connectivity index (χ0n) is 59.5. The summed E-state index contributed by atoms with van der Waals surface area (Å²) in [5, 5.41) is 79.5. The normalized spacial score (nSPS) is 15.0. The summed E-state index contributed by atoms with van der Waals surface area (Å²) in [6, 6.07) is 12.5. The number of rotatable bonds is 46. The van der Waals surface area contributed by atoms with E-state index >= 15 is 14.4 Å². The number of nitrogens with two attached hydrogens (primary N) is 4. The highest BCUT2D eigenvalue weighted by atomic mass is 32.1. The van der Waals surface area contributed by atoms with E-state index in [1.165, 1.54) is 0 Å². The van der Waals surface area contributed by atoms with Crippen LogP contribution in [0.4, 0.5) is 0 Å². The Balaban J connectivity index is 1.48. The Bertz CT molecular complexity index is 3860. The van der Waals surface area contributed by atoms with Crippen LogP contribution >= 0.6 is 25.3 Å². The molecule has 0 fully saturated rings. The summed E-state index contributed by atoms with van der Waals surface area (Å²) in [6.45, 7) is 1.43. The molecule has 5 rings (SSSR count). The fourth-order valence-electron chi connectivity index (χ4n) is 11.1. The second kappa shape index (κ2) is 45.1. The SMILES string of the molecule is CC(O)[C@H](NC(=O)[C@H](Cc1ccccc1)NC(=O)[C@@H](NC(=O)[C@H](CCCCN)NC(=O)[C@H](Cc1c[nH]c2ccccc12)NC(=O)[C@H](Cc1ccccc1)NC(=O)[C@H](Cc1ccccc1)NC(=O)[C@H](CC(N)=O)NC(=O)[C@H](CCCNC(=N)N)NC(=O)[C@@H](N)CS)C(C)O)C(=O)N[C@@H](CO)C(=O)N[C@@H](CS)C(=O)O. The van der Waals surface area contributed by atoms with E-state index in [0.717, 1.165) is 13.8 Å². The lowest BCUT2D eigenvalue weighted by atomic mass is 10.00. The molecule has 4 aromatic carbocycles. The Hall–Kier alpha value is -10.7. The molecule has 5 aromatic rings. The summed E-state index contributed by atoms with van der Waals surface area (Å²) in [5.41, 5.74) is 25.4. The fraction of sp³-hybridized carbons (Fsp3) is 0.437. The number of thiol groups is 2. The first kappa shape index (κ1) is 87.9. The first-order valence-electron chi connectivity index (χ1n) is 34.7. The lowest BCUT2D eigenvalue weighted by molar-refractivity contribution is -0.142. The van der Waals surface area contributed by atoms with Crippen molar-refractivity contribution >= 4 is 119 Å². The number of fused-ring (bicyclic) bond motifs is 1. The number of aliphatic carboxylic acids is 1. The number of unbranched alkanes of at least 4 members (excludes halogenated alkanes) is 1. The van der Waals surface area contributed by atoms with Crippen LogP contribution in [0.25, 0.3) is 10.9 Å². The number of para-hydroxylation sites is 1. The number of aliphatic hydroxyl groups excluding tert-OH is 3. The third-order valence-electron chi connectivity index (χ3n) is 17.0. The van der Waals surface area contributed by atoms with E-state index in [1.807, 2.05) is 0 Å². The molecule has 0 aliphatic rings. The van der Waals surface area contributed by atoms with Crippen molar-refractivity contribution in [2.75, 3.05) is 31.2 Å². The van der Waals surface area contributed by atoms with Crippen molar-refractivity contribution in [1.29, 1.82) is 5.41 Å². The Morgan fingerprint density at radius 2 is 0.824 bits per heavy atom. The molecular formula is C71H98N18O17S2. The number of primary amides is 1. The Kier molecular flexibility index (Phi) is 36.7. The van der Waals surface area contributed by atoms with E-state index in [4.69, 9.17) is 28.3 Å². The van der Waals surface area contributed by atoms with Crippen LogP contribution in [0.5, 0.6) is 0 Å². The van der Waals surface area contributed by atoms with Gasteiger partial charge in [-0.25, -0.2) is 4.79 Å². The number of carbonyl (C=O) groups is 13. The van der Waals surface area contributed by atoms with Gasteiger partial charge in [0.2, 0.25) is 70.9 Å². The van der Waals surface area contributed by atoms with Crippen molar-refractivity contribution < 1.29 is 82.8 Å². The summed E-state index contributed by atoms with van der Waals surface area (Å²) in [5.74, 6) is -14.8. The number of nitrogens with one attached hydrogen (secondary N) is 14. The minimum Gasteiger partial charge on any atom is -0.480 e. The van der Waals surface area contributed by atoms with Crippen LogP contribution < -0.4 is 86.7 Å². The van der Waals surface area contributed by atoms with Crippen molar-refractivity contribution in [3.8, 4) is 0 Å². The molecule has 37 heteroatoms. The molecule has 0 radical (unpaired) electrons. The number of guanidine groups is 1. The number of H-pyrrole nitrogens is 1. The molecule has 35 nitrogen and oxygen atoms in total. The van der Waals surface area contributed by atoms with Gasteiger partial charge in [-0.05, 0) is 80.8 Å².